The summed E-state index contributed by atoms with van der Waals surface area (Å²) in [7, 11) is 0. The molecule has 0 radical (unpaired) electrons. The zero-order valence-electron chi connectivity index (χ0n) is 15.6. The maximum absolute atomic E-state index is 13.0. The zero-order valence-corrected chi connectivity index (χ0v) is 16.4. The average molecular weight is 403 g/mol. The first-order valence-corrected chi connectivity index (χ1v) is 9.41. The molecule has 0 bridgehead atoms. The van der Waals surface area contributed by atoms with E-state index in [1.54, 1.807) is 17.0 Å². The molecule has 0 aliphatic carbocycles. The maximum Gasteiger partial charge on any atom is 0.281 e. The lowest BCUT2D eigenvalue weighted by molar-refractivity contribution is -0.113. The lowest BCUT2D eigenvalue weighted by Gasteiger charge is -2.13. The number of carbonyl (C=O) groups excluding carboxylic acids is 1. The van der Waals surface area contributed by atoms with Crippen LogP contribution >= 0.6 is 12.2 Å². The number of aromatic nitrogens is 2. The topological polar surface area (TPSA) is 87.1 Å². The van der Waals surface area contributed by atoms with E-state index in [2.05, 4.69) is 16.5 Å². The van der Waals surface area contributed by atoms with Gasteiger partial charge in [-0.1, -0.05) is 18.2 Å². The Morgan fingerprint density at radius 1 is 1.28 bits per heavy atom. The van der Waals surface area contributed by atoms with Crippen molar-refractivity contribution < 1.29 is 9.21 Å². The second kappa shape index (κ2) is 7.73. The summed E-state index contributed by atoms with van der Waals surface area (Å²) in [6.45, 7) is 2.30. The van der Waals surface area contributed by atoms with Crippen molar-refractivity contribution in [1.29, 1.82) is 5.26 Å². The van der Waals surface area contributed by atoms with Crippen LogP contribution in [-0.2, 0) is 11.3 Å². The van der Waals surface area contributed by atoms with E-state index >= 15 is 0 Å². The summed E-state index contributed by atoms with van der Waals surface area (Å²) in [6.07, 6.45) is 3.83. The molecule has 0 unspecified atom stereocenters. The number of hydrogen-bond donors (Lipinski definition) is 1. The molecule has 0 atom stereocenters. The SMILES string of the molecule is Cc1ccc(-c2nn(CCC#N)cc2C=C2NC(=S)N(c3ccccc3)C2=O)o1. The molecule has 144 valence electrons. The number of hydrogen-bond acceptors (Lipinski definition) is 5. The highest BCUT2D eigenvalue weighted by atomic mass is 32.1. The van der Waals surface area contributed by atoms with Crippen LogP contribution in [0.15, 0.2) is 58.8 Å². The molecule has 4 rings (SSSR count). The van der Waals surface area contributed by atoms with Gasteiger partial charge < -0.3 is 9.73 Å². The van der Waals surface area contributed by atoms with Gasteiger partial charge in [0, 0.05) is 11.8 Å². The fourth-order valence-corrected chi connectivity index (χ4v) is 3.38. The predicted molar refractivity (Wildman–Crippen MR) is 113 cm³/mol. The standard InChI is InChI=1S/C21H17N5O2S/c1-14-8-9-18(28-14)19-15(13-25(24-19)11-5-10-22)12-17-20(27)26(21(29)23-17)16-6-3-2-4-7-16/h2-4,6-9,12-13H,5,11H2,1H3,(H,23,29). The molecule has 7 nitrogen and oxygen atoms in total. The Bertz CT molecular complexity index is 1150. The van der Waals surface area contributed by atoms with Gasteiger partial charge in [0.05, 0.1) is 24.7 Å². The van der Waals surface area contributed by atoms with Crippen molar-refractivity contribution in [3.8, 4) is 17.5 Å². The van der Waals surface area contributed by atoms with Gasteiger partial charge in [-0.05, 0) is 49.5 Å². The van der Waals surface area contributed by atoms with Crippen molar-refractivity contribution in [3.63, 3.8) is 0 Å². The Kier molecular flexibility index (Phi) is 4.97. The maximum atomic E-state index is 13.0. The van der Waals surface area contributed by atoms with E-state index in [0.29, 0.717) is 46.5 Å². The van der Waals surface area contributed by atoms with Gasteiger partial charge in [0.1, 0.15) is 17.2 Å². The number of rotatable bonds is 5. The minimum Gasteiger partial charge on any atom is -0.460 e. The Morgan fingerprint density at radius 3 is 2.76 bits per heavy atom. The van der Waals surface area contributed by atoms with E-state index in [9.17, 15) is 4.79 Å². The average Bonchev–Trinajstić information content (AvgIpc) is 3.39. The Morgan fingerprint density at radius 2 is 2.07 bits per heavy atom. The molecule has 1 N–H and O–H groups in total. The number of benzene rings is 1. The fourth-order valence-electron chi connectivity index (χ4n) is 3.08. The quantitative estimate of drug-likeness (QED) is 0.517. The van der Waals surface area contributed by atoms with Crippen LogP contribution in [0.4, 0.5) is 5.69 Å². The number of furan rings is 1. The molecule has 1 aliphatic heterocycles. The van der Waals surface area contributed by atoms with Gasteiger partial charge >= 0.3 is 0 Å². The third kappa shape index (κ3) is 3.68. The summed E-state index contributed by atoms with van der Waals surface area (Å²) in [5.41, 5.74) is 2.35. The molecule has 1 amide bonds. The molecule has 8 heteroatoms. The van der Waals surface area contributed by atoms with E-state index in [1.807, 2.05) is 49.4 Å². The van der Waals surface area contributed by atoms with Gasteiger partial charge in [-0.3, -0.25) is 14.4 Å². The number of aryl methyl sites for hydroxylation is 2. The van der Waals surface area contributed by atoms with Crippen LogP contribution in [-0.4, -0.2) is 20.8 Å². The summed E-state index contributed by atoms with van der Waals surface area (Å²) in [4.78, 5) is 14.4. The molecular formula is C21H17N5O2S. The highest BCUT2D eigenvalue weighted by Crippen LogP contribution is 2.28. The number of thiocarbonyl (C=S) groups is 1. The van der Waals surface area contributed by atoms with E-state index in [0.717, 1.165) is 5.76 Å². The molecule has 2 aromatic heterocycles. The Labute approximate surface area is 172 Å². The van der Waals surface area contributed by atoms with Gasteiger partial charge in [0.2, 0.25) is 0 Å². The molecule has 1 aromatic carbocycles. The Hall–Kier alpha value is -3.70. The van der Waals surface area contributed by atoms with Gasteiger partial charge in [0.15, 0.2) is 10.9 Å². The lowest BCUT2D eigenvalue weighted by atomic mass is 10.1. The molecule has 1 aliphatic rings. The number of anilines is 1. The van der Waals surface area contributed by atoms with E-state index in [4.69, 9.17) is 21.9 Å². The first kappa shape index (κ1) is 18.7. The largest absolute Gasteiger partial charge is 0.460 e. The minimum atomic E-state index is -0.243. The second-order valence-electron chi connectivity index (χ2n) is 6.48. The molecule has 3 heterocycles. The summed E-state index contributed by atoms with van der Waals surface area (Å²) in [5.74, 6) is 1.11. The molecule has 29 heavy (non-hydrogen) atoms. The number of para-hydroxylation sites is 1. The van der Waals surface area contributed by atoms with Crippen LogP contribution in [0.1, 0.15) is 17.7 Å². The third-order valence-corrected chi connectivity index (χ3v) is 4.69. The van der Waals surface area contributed by atoms with Gasteiger partial charge in [-0.15, -0.1) is 0 Å². The number of nitriles is 1. The van der Waals surface area contributed by atoms with Crippen LogP contribution in [0, 0.1) is 18.3 Å². The first-order valence-electron chi connectivity index (χ1n) is 9.00. The summed E-state index contributed by atoms with van der Waals surface area (Å²) < 4.78 is 7.40. The normalized spacial score (nSPS) is 15.0. The third-order valence-electron chi connectivity index (χ3n) is 4.41. The highest BCUT2D eigenvalue weighted by molar-refractivity contribution is 7.80. The fraction of sp³-hybridized carbons (Fsp3) is 0.143. The summed E-state index contributed by atoms with van der Waals surface area (Å²) in [6, 6.07) is 15.0. The van der Waals surface area contributed by atoms with Crippen molar-refractivity contribution in [2.24, 2.45) is 0 Å². The van der Waals surface area contributed by atoms with Gasteiger partial charge in [0.25, 0.3) is 5.91 Å². The molecular weight excluding hydrogens is 386 g/mol. The van der Waals surface area contributed by atoms with Gasteiger partial charge in [-0.2, -0.15) is 10.4 Å². The van der Waals surface area contributed by atoms with E-state index in [-0.39, 0.29) is 5.91 Å². The highest BCUT2D eigenvalue weighted by Gasteiger charge is 2.32. The van der Waals surface area contributed by atoms with Crippen LogP contribution in [0.5, 0.6) is 0 Å². The molecule has 0 saturated carbocycles. The van der Waals surface area contributed by atoms with Crippen LogP contribution < -0.4 is 10.2 Å². The van der Waals surface area contributed by atoms with Crippen LogP contribution in [0.25, 0.3) is 17.5 Å². The smallest absolute Gasteiger partial charge is 0.281 e. The first-order chi connectivity index (χ1) is 14.1. The zero-order chi connectivity index (χ0) is 20.4. The predicted octanol–water partition coefficient (Wildman–Crippen LogP) is 3.63. The lowest BCUT2D eigenvalue weighted by Crippen LogP contribution is -2.30. The molecule has 1 saturated heterocycles. The van der Waals surface area contributed by atoms with Crippen LogP contribution in [0.3, 0.4) is 0 Å². The second-order valence-corrected chi connectivity index (χ2v) is 6.87. The van der Waals surface area contributed by atoms with Crippen LogP contribution in [0.2, 0.25) is 0 Å². The van der Waals surface area contributed by atoms with Crippen molar-refractivity contribution in [1.82, 2.24) is 15.1 Å². The van der Waals surface area contributed by atoms with Crippen molar-refractivity contribution in [3.05, 3.63) is 65.7 Å². The minimum absolute atomic E-state index is 0.243. The Balaban J connectivity index is 1.72. The van der Waals surface area contributed by atoms with E-state index in [1.165, 1.54) is 4.90 Å². The number of amides is 1. The summed E-state index contributed by atoms with van der Waals surface area (Å²) in [5, 5.41) is 16.7. The summed E-state index contributed by atoms with van der Waals surface area (Å²) >= 11 is 5.36. The number of nitrogens with one attached hydrogen (secondary N) is 1. The molecule has 3 aromatic rings. The van der Waals surface area contributed by atoms with Crippen molar-refractivity contribution >= 4 is 35.0 Å². The van der Waals surface area contributed by atoms with Crippen molar-refractivity contribution in [2.75, 3.05) is 4.90 Å². The van der Waals surface area contributed by atoms with Crippen molar-refractivity contribution in [2.45, 2.75) is 19.9 Å². The van der Waals surface area contributed by atoms with E-state index < -0.39 is 0 Å². The molecule has 0 spiro atoms. The molecule has 1 fully saturated rings. The van der Waals surface area contributed by atoms with Gasteiger partial charge in [-0.25, -0.2) is 0 Å². The number of carbonyl (C=O) groups is 1. The number of nitrogens with zero attached hydrogens (tertiary/aromatic N) is 4. The monoisotopic (exact) mass is 403 g/mol.